The molecule has 0 heterocycles. The van der Waals surface area contributed by atoms with Gasteiger partial charge in [0, 0.05) is 14.0 Å². The summed E-state index contributed by atoms with van der Waals surface area (Å²) in [5, 5.41) is 0.502. The fourth-order valence-electron chi connectivity index (χ4n) is 1.55. The van der Waals surface area contributed by atoms with E-state index in [1.807, 2.05) is 6.92 Å². The first-order valence-electron chi connectivity index (χ1n) is 5.53. The van der Waals surface area contributed by atoms with Crippen LogP contribution >= 0.6 is 43.5 Å². The molecule has 0 bridgehead atoms. The molecule has 3 nitrogen and oxygen atoms in total. The highest BCUT2D eigenvalue weighted by Crippen LogP contribution is 2.35. The first kappa shape index (κ1) is 15.8. The van der Waals surface area contributed by atoms with Crippen molar-refractivity contribution < 1.29 is 8.42 Å². The van der Waals surface area contributed by atoms with Crippen molar-refractivity contribution in [3.05, 3.63) is 55.9 Å². The zero-order chi connectivity index (χ0) is 14.9. The van der Waals surface area contributed by atoms with Crippen LogP contribution in [-0.4, -0.2) is 8.42 Å². The summed E-state index contributed by atoms with van der Waals surface area (Å²) in [4.78, 5) is 0.205. The minimum Gasteiger partial charge on any atom is -0.277 e. The number of anilines is 1. The van der Waals surface area contributed by atoms with Gasteiger partial charge in [0.2, 0.25) is 0 Å². The molecule has 0 aromatic heterocycles. The highest BCUT2D eigenvalue weighted by Gasteiger charge is 2.17. The van der Waals surface area contributed by atoms with Crippen molar-refractivity contribution >= 4 is 59.2 Å². The number of rotatable bonds is 3. The van der Waals surface area contributed by atoms with Gasteiger partial charge in [0.25, 0.3) is 10.0 Å². The Balaban J connectivity index is 2.41. The Morgan fingerprint density at radius 3 is 2.05 bits per heavy atom. The van der Waals surface area contributed by atoms with E-state index in [9.17, 15) is 8.42 Å². The monoisotopic (exact) mass is 437 g/mol. The van der Waals surface area contributed by atoms with Gasteiger partial charge in [-0.3, -0.25) is 4.72 Å². The maximum atomic E-state index is 12.3. The molecular weight excluding hydrogens is 429 g/mol. The van der Waals surface area contributed by atoms with Gasteiger partial charge in [0.05, 0.1) is 10.6 Å². The van der Waals surface area contributed by atoms with Gasteiger partial charge in [-0.25, -0.2) is 8.42 Å². The molecule has 7 heteroatoms. The number of aryl methyl sites for hydroxylation is 1. The molecule has 0 fully saturated rings. The number of benzene rings is 2. The average molecular weight is 440 g/mol. The quantitative estimate of drug-likeness (QED) is 0.734. The Hall–Kier alpha value is -0.560. The van der Waals surface area contributed by atoms with Gasteiger partial charge in [-0.15, -0.1) is 0 Å². The summed E-state index contributed by atoms with van der Waals surface area (Å²) in [5.74, 6) is 0. The lowest BCUT2D eigenvalue weighted by atomic mass is 10.2. The first-order chi connectivity index (χ1) is 9.29. The molecule has 0 spiro atoms. The molecule has 0 saturated heterocycles. The molecule has 2 aromatic carbocycles. The molecule has 2 rings (SSSR count). The largest absolute Gasteiger partial charge is 0.277 e. The van der Waals surface area contributed by atoms with Crippen molar-refractivity contribution in [2.45, 2.75) is 11.8 Å². The summed E-state index contributed by atoms with van der Waals surface area (Å²) in [5.41, 5.74) is 1.41. The van der Waals surface area contributed by atoms with Gasteiger partial charge >= 0.3 is 0 Å². The third kappa shape index (κ3) is 3.55. The summed E-state index contributed by atoms with van der Waals surface area (Å²) >= 11 is 12.5. The number of nitrogens with one attached hydrogen (secondary N) is 1. The number of hydrogen-bond donors (Lipinski definition) is 1. The van der Waals surface area contributed by atoms with Crippen LogP contribution in [0.4, 0.5) is 5.69 Å². The smallest absolute Gasteiger partial charge is 0.261 e. The molecule has 0 atom stereocenters. The molecule has 0 unspecified atom stereocenters. The predicted octanol–water partition coefficient (Wildman–Crippen LogP) is 4.97. The standard InChI is InChI=1S/C13H10Br2ClNO2S/c1-8-2-4-10(5-3-8)20(18,19)17-13-11(14)6-9(16)7-12(13)15/h2-7,17H,1H3. The van der Waals surface area contributed by atoms with Crippen LogP contribution in [0.15, 0.2) is 50.2 Å². The zero-order valence-corrected chi connectivity index (χ0v) is 15.1. The molecule has 0 saturated carbocycles. The Morgan fingerprint density at radius 1 is 1.05 bits per heavy atom. The molecule has 0 aliphatic rings. The number of halogens is 3. The van der Waals surface area contributed by atoms with Gasteiger partial charge in [-0.05, 0) is 63.0 Å². The molecule has 2 aromatic rings. The summed E-state index contributed by atoms with van der Waals surface area (Å²) in [6.07, 6.45) is 0. The van der Waals surface area contributed by atoms with Crippen LogP contribution in [0.1, 0.15) is 5.56 Å². The average Bonchev–Trinajstić information content (AvgIpc) is 2.34. The number of hydrogen-bond acceptors (Lipinski definition) is 2. The second-order valence-electron chi connectivity index (χ2n) is 4.16. The molecule has 0 amide bonds. The van der Waals surface area contributed by atoms with Gasteiger partial charge in [0.1, 0.15) is 0 Å². The van der Waals surface area contributed by atoms with Crippen LogP contribution in [0.3, 0.4) is 0 Å². The molecule has 0 aliphatic carbocycles. The second kappa shape index (κ2) is 6.05. The Kier molecular flexibility index (Phi) is 4.79. The molecule has 106 valence electrons. The molecule has 0 aliphatic heterocycles. The molecule has 20 heavy (non-hydrogen) atoms. The van der Waals surface area contributed by atoms with Crippen LogP contribution in [0.2, 0.25) is 5.02 Å². The van der Waals surface area contributed by atoms with E-state index in [0.717, 1.165) is 5.56 Å². The van der Waals surface area contributed by atoms with E-state index in [1.165, 1.54) is 0 Å². The van der Waals surface area contributed by atoms with Gasteiger partial charge in [-0.1, -0.05) is 29.3 Å². The summed E-state index contributed by atoms with van der Waals surface area (Å²) < 4.78 is 28.3. The van der Waals surface area contributed by atoms with Crippen molar-refractivity contribution in [1.82, 2.24) is 0 Å². The summed E-state index contributed by atoms with van der Waals surface area (Å²) in [7, 11) is -3.64. The SMILES string of the molecule is Cc1ccc(S(=O)(=O)Nc2c(Br)cc(Cl)cc2Br)cc1. The van der Waals surface area contributed by atoms with Crippen LogP contribution in [0, 0.1) is 6.92 Å². The molecular formula is C13H10Br2ClNO2S. The second-order valence-corrected chi connectivity index (χ2v) is 7.99. The van der Waals surface area contributed by atoms with Crippen LogP contribution in [0.5, 0.6) is 0 Å². The molecule has 1 N–H and O–H groups in total. The van der Waals surface area contributed by atoms with Crippen molar-refractivity contribution in [2.75, 3.05) is 4.72 Å². The highest BCUT2D eigenvalue weighted by atomic mass is 79.9. The van der Waals surface area contributed by atoms with Crippen LogP contribution in [0.25, 0.3) is 0 Å². The minimum absolute atomic E-state index is 0.205. The Morgan fingerprint density at radius 2 is 1.55 bits per heavy atom. The normalized spacial score (nSPS) is 11.4. The lowest BCUT2D eigenvalue weighted by Gasteiger charge is -2.12. The lowest BCUT2D eigenvalue weighted by molar-refractivity contribution is 0.601. The lowest BCUT2D eigenvalue weighted by Crippen LogP contribution is -2.13. The maximum Gasteiger partial charge on any atom is 0.261 e. The van der Waals surface area contributed by atoms with E-state index in [0.29, 0.717) is 19.7 Å². The first-order valence-corrected chi connectivity index (χ1v) is 8.98. The van der Waals surface area contributed by atoms with E-state index >= 15 is 0 Å². The van der Waals surface area contributed by atoms with E-state index in [4.69, 9.17) is 11.6 Å². The zero-order valence-electron chi connectivity index (χ0n) is 10.3. The van der Waals surface area contributed by atoms with Crippen molar-refractivity contribution in [2.24, 2.45) is 0 Å². The third-order valence-corrected chi connectivity index (χ3v) is 5.41. The van der Waals surface area contributed by atoms with Gasteiger partial charge < -0.3 is 0 Å². The van der Waals surface area contributed by atoms with E-state index < -0.39 is 10.0 Å². The Labute approximate surface area is 139 Å². The third-order valence-electron chi connectivity index (χ3n) is 2.57. The van der Waals surface area contributed by atoms with Crippen LogP contribution < -0.4 is 4.72 Å². The summed E-state index contributed by atoms with van der Waals surface area (Å²) in [6, 6.07) is 9.88. The highest BCUT2D eigenvalue weighted by molar-refractivity contribution is 9.11. The molecule has 0 radical (unpaired) electrons. The fourth-order valence-corrected chi connectivity index (χ4v) is 4.78. The number of sulfonamides is 1. The maximum absolute atomic E-state index is 12.3. The van der Waals surface area contributed by atoms with Gasteiger partial charge in [0.15, 0.2) is 0 Å². The van der Waals surface area contributed by atoms with Crippen molar-refractivity contribution in [1.29, 1.82) is 0 Å². The van der Waals surface area contributed by atoms with Crippen molar-refractivity contribution in [3.63, 3.8) is 0 Å². The van der Waals surface area contributed by atoms with E-state index in [-0.39, 0.29) is 4.90 Å². The van der Waals surface area contributed by atoms with Gasteiger partial charge in [-0.2, -0.15) is 0 Å². The van der Waals surface area contributed by atoms with E-state index in [2.05, 4.69) is 36.6 Å². The fraction of sp³-hybridized carbons (Fsp3) is 0.0769. The topological polar surface area (TPSA) is 46.2 Å². The predicted molar refractivity (Wildman–Crippen MR) is 88.8 cm³/mol. The Bertz CT molecular complexity index is 722. The van der Waals surface area contributed by atoms with Crippen LogP contribution in [-0.2, 0) is 10.0 Å². The van der Waals surface area contributed by atoms with E-state index in [1.54, 1.807) is 36.4 Å². The summed E-state index contributed by atoms with van der Waals surface area (Å²) in [6.45, 7) is 1.90. The van der Waals surface area contributed by atoms with Crippen molar-refractivity contribution in [3.8, 4) is 0 Å². The minimum atomic E-state index is -3.64.